The smallest absolute Gasteiger partial charge is 0.244 e. The number of anilines is 3. The van der Waals surface area contributed by atoms with Gasteiger partial charge in [-0.2, -0.15) is 0 Å². The van der Waals surface area contributed by atoms with Crippen LogP contribution in [0.3, 0.4) is 0 Å². The first kappa shape index (κ1) is 13.6. The van der Waals surface area contributed by atoms with E-state index in [2.05, 4.69) is 12.2 Å². The van der Waals surface area contributed by atoms with Gasteiger partial charge in [-0.25, -0.2) is 0 Å². The van der Waals surface area contributed by atoms with Gasteiger partial charge in [0.2, 0.25) is 5.91 Å². The predicted molar refractivity (Wildman–Crippen MR) is 85.7 cm³/mol. The summed E-state index contributed by atoms with van der Waals surface area (Å²) >= 11 is 0. The third-order valence-corrected chi connectivity index (χ3v) is 3.84. The monoisotopic (exact) mass is 281 g/mol. The van der Waals surface area contributed by atoms with Gasteiger partial charge in [-0.1, -0.05) is 37.3 Å². The van der Waals surface area contributed by atoms with E-state index in [-0.39, 0.29) is 11.9 Å². The Balaban J connectivity index is 2.11. The Kier molecular flexibility index (Phi) is 3.62. The average molecular weight is 281 g/mol. The molecular weight excluding hydrogens is 262 g/mol. The number of hydrogen-bond acceptors (Lipinski definition) is 3. The molecule has 3 rings (SSSR count). The maximum atomic E-state index is 12.0. The van der Waals surface area contributed by atoms with E-state index in [0.29, 0.717) is 6.54 Å². The molecule has 0 unspecified atom stereocenters. The Morgan fingerprint density at radius 3 is 2.57 bits per heavy atom. The molecular formula is C17H19N3O. The van der Waals surface area contributed by atoms with Gasteiger partial charge in [0.1, 0.15) is 6.54 Å². The van der Waals surface area contributed by atoms with Crippen molar-refractivity contribution in [2.45, 2.75) is 19.4 Å². The minimum Gasteiger partial charge on any atom is -0.330 e. The van der Waals surface area contributed by atoms with Gasteiger partial charge >= 0.3 is 0 Å². The van der Waals surface area contributed by atoms with Crippen molar-refractivity contribution in [2.24, 2.45) is 5.73 Å². The van der Waals surface area contributed by atoms with E-state index in [4.69, 9.17) is 5.73 Å². The summed E-state index contributed by atoms with van der Waals surface area (Å²) in [6.07, 6.45) is 0.860. The number of carbonyl (C=O) groups excluding carboxylic acids is 1. The highest BCUT2D eigenvalue weighted by atomic mass is 16.2. The van der Waals surface area contributed by atoms with E-state index in [0.717, 1.165) is 29.0 Å². The number of hydrogen-bond donors (Lipinski definition) is 2. The van der Waals surface area contributed by atoms with Crippen LogP contribution in [-0.4, -0.2) is 12.5 Å². The van der Waals surface area contributed by atoms with E-state index in [1.807, 2.05) is 53.4 Å². The molecule has 1 heterocycles. The minimum atomic E-state index is -0.0293. The number of carbonyl (C=O) groups is 1. The summed E-state index contributed by atoms with van der Waals surface area (Å²) < 4.78 is 0. The first-order chi connectivity index (χ1) is 10.2. The molecule has 0 saturated heterocycles. The molecule has 0 aliphatic carbocycles. The second-order valence-electron chi connectivity index (χ2n) is 5.23. The fourth-order valence-corrected chi connectivity index (χ4v) is 2.71. The van der Waals surface area contributed by atoms with Crippen LogP contribution in [0.15, 0.2) is 48.5 Å². The third kappa shape index (κ3) is 2.50. The number of benzene rings is 2. The van der Waals surface area contributed by atoms with E-state index in [9.17, 15) is 4.79 Å². The topological polar surface area (TPSA) is 58.4 Å². The molecule has 0 spiro atoms. The Morgan fingerprint density at radius 1 is 1.14 bits per heavy atom. The molecule has 3 N–H and O–H groups in total. The number of fused-ring (bicyclic) bond motifs is 1. The van der Waals surface area contributed by atoms with Crippen molar-refractivity contribution >= 4 is 23.0 Å². The Bertz CT molecular complexity index is 669. The largest absolute Gasteiger partial charge is 0.330 e. The van der Waals surface area contributed by atoms with Crippen LogP contribution in [0.25, 0.3) is 0 Å². The first-order valence-electron chi connectivity index (χ1n) is 7.21. The number of rotatable bonds is 3. The van der Waals surface area contributed by atoms with Gasteiger partial charge in [-0.15, -0.1) is 0 Å². The molecule has 0 saturated carbocycles. The lowest BCUT2D eigenvalue weighted by atomic mass is 10.0. The maximum Gasteiger partial charge on any atom is 0.244 e. The van der Waals surface area contributed by atoms with Crippen LogP contribution < -0.4 is 16.0 Å². The fraction of sp³-hybridized carbons (Fsp3) is 0.235. The summed E-state index contributed by atoms with van der Waals surface area (Å²) in [6.45, 7) is 2.38. The van der Waals surface area contributed by atoms with Crippen LogP contribution >= 0.6 is 0 Å². The van der Waals surface area contributed by atoms with Crippen LogP contribution in [0.4, 0.5) is 17.1 Å². The molecule has 1 aliphatic heterocycles. The van der Waals surface area contributed by atoms with Crippen LogP contribution in [0.1, 0.15) is 24.9 Å². The molecule has 0 bridgehead atoms. The zero-order valence-corrected chi connectivity index (χ0v) is 12.0. The lowest BCUT2D eigenvalue weighted by molar-refractivity contribution is -0.115. The van der Waals surface area contributed by atoms with Crippen molar-refractivity contribution in [1.82, 2.24) is 0 Å². The van der Waals surface area contributed by atoms with E-state index >= 15 is 0 Å². The van der Waals surface area contributed by atoms with Crippen molar-refractivity contribution in [1.29, 1.82) is 0 Å². The number of para-hydroxylation sites is 3. The highest BCUT2D eigenvalue weighted by molar-refractivity contribution is 6.03. The molecule has 2 aromatic carbocycles. The standard InChI is InChI=1S/C17H19N3O/c1-2-13(18)12-7-3-5-9-15(12)20-11-17(21)19-14-8-4-6-10-16(14)20/h3-10,13H,2,11,18H2,1H3,(H,19,21)/t13-/m0/s1. The Hall–Kier alpha value is -2.33. The molecule has 0 aromatic heterocycles. The van der Waals surface area contributed by atoms with Crippen molar-refractivity contribution in [3.63, 3.8) is 0 Å². The summed E-state index contributed by atoms with van der Waals surface area (Å²) in [4.78, 5) is 14.0. The van der Waals surface area contributed by atoms with Gasteiger partial charge in [0.15, 0.2) is 0 Å². The highest BCUT2D eigenvalue weighted by Gasteiger charge is 2.25. The first-order valence-corrected chi connectivity index (χ1v) is 7.21. The molecule has 108 valence electrons. The molecule has 0 fully saturated rings. The zero-order chi connectivity index (χ0) is 14.8. The fourth-order valence-electron chi connectivity index (χ4n) is 2.71. The van der Waals surface area contributed by atoms with Crippen LogP contribution in [0.5, 0.6) is 0 Å². The summed E-state index contributed by atoms with van der Waals surface area (Å²) in [7, 11) is 0. The van der Waals surface area contributed by atoms with Gasteiger partial charge in [-0.3, -0.25) is 4.79 Å². The van der Waals surface area contributed by atoms with Crippen LogP contribution in [-0.2, 0) is 4.79 Å². The summed E-state index contributed by atoms with van der Waals surface area (Å²) in [5.74, 6) is -0.00595. The summed E-state index contributed by atoms with van der Waals surface area (Å²) in [6, 6.07) is 15.8. The van der Waals surface area contributed by atoms with Gasteiger partial charge in [0.25, 0.3) is 0 Å². The Labute approximate surface area is 124 Å². The molecule has 21 heavy (non-hydrogen) atoms. The average Bonchev–Trinajstić information content (AvgIpc) is 2.53. The second kappa shape index (κ2) is 5.58. The van der Waals surface area contributed by atoms with Gasteiger partial charge in [0.05, 0.1) is 11.4 Å². The van der Waals surface area contributed by atoms with Crippen molar-refractivity contribution in [2.75, 3.05) is 16.8 Å². The molecule has 0 radical (unpaired) electrons. The molecule has 1 atom stereocenters. The molecule has 4 heteroatoms. The lowest BCUT2D eigenvalue weighted by Crippen LogP contribution is -2.35. The molecule has 4 nitrogen and oxygen atoms in total. The predicted octanol–water partition coefficient (Wildman–Crippen LogP) is 3.19. The summed E-state index contributed by atoms with van der Waals surface area (Å²) in [5.41, 5.74) is 10.2. The second-order valence-corrected chi connectivity index (χ2v) is 5.23. The zero-order valence-electron chi connectivity index (χ0n) is 12.0. The van der Waals surface area contributed by atoms with Gasteiger partial charge < -0.3 is 16.0 Å². The number of amides is 1. The molecule has 1 aliphatic rings. The van der Waals surface area contributed by atoms with E-state index in [1.54, 1.807) is 0 Å². The molecule has 2 aromatic rings. The number of nitrogens with one attached hydrogen (secondary N) is 1. The number of nitrogens with zero attached hydrogens (tertiary/aromatic N) is 1. The van der Waals surface area contributed by atoms with Crippen LogP contribution in [0.2, 0.25) is 0 Å². The van der Waals surface area contributed by atoms with Gasteiger partial charge in [-0.05, 0) is 30.2 Å². The van der Waals surface area contributed by atoms with Crippen molar-refractivity contribution in [3.05, 3.63) is 54.1 Å². The quantitative estimate of drug-likeness (QED) is 0.908. The van der Waals surface area contributed by atoms with E-state index in [1.165, 1.54) is 0 Å². The third-order valence-electron chi connectivity index (χ3n) is 3.84. The van der Waals surface area contributed by atoms with Crippen LogP contribution in [0, 0.1) is 0 Å². The van der Waals surface area contributed by atoms with Crippen molar-refractivity contribution < 1.29 is 4.79 Å². The number of nitrogens with two attached hydrogens (primary N) is 1. The SMILES string of the molecule is CC[C@H](N)c1ccccc1N1CC(=O)Nc2ccccc21. The summed E-state index contributed by atoms with van der Waals surface area (Å²) in [5, 5.41) is 2.91. The maximum absolute atomic E-state index is 12.0. The van der Waals surface area contributed by atoms with E-state index < -0.39 is 0 Å². The van der Waals surface area contributed by atoms with Crippen molar-refractivity contribution in [3.8, 4) is 0 Å². The lowest BCUT2D eigenvalue weighted by Gasteiger charge is -2.33. The normalized spacial score (nSPS) is 15.3. The van der Waals surface area contributed by atoms with Gasteiger partial charge in [0, 0.05) is 11.7 Å². The minimum absolute atomic E-state index is 0.00595. The highest BCUT2D eigenvalue weighted by Crippen LogP contribution is 2.37. The molecule has 1 amide bonds. The Morgan fingerprint density at radius 2 is 1.81 bits per heavy atom.